The molecule has 0 saturated heterocycles. The van der Waals surface area contributed by atoms with E-state index in [1.54, 1.807) is 0 Å². The Morgan fingerprint density at radius 3 is 2.79 bits per heavy atom. The summed E-state index contributed by atoms with van der Waals surface area (Å²) < 4.78 is 20.8. The molecule has 1 aromatic heterocycles. The van der Waals surface area contributed by atoms with Crippen molar-refractivity contribution in [1.82, 2.24) is 0 Å². The van der Waals surface area contributed by atoms with Crippen molar-refractivity contribution >= 4 is 49.0 Å². The van der Waals surface area contributed by atoms with Crippen molar-refractivity contribution in [1.29, 1.82) is 0 Å². The van der Waals surface area contributed by atoms with Crippen molar-refractivity contribution in [3.8, 4) is 5.75 Å². The number of Topliss-reactive ketones (excluding diaryl/α,β-unsaturated/α-hetero) is 1. The fraction of sp³-hybridized carbons (Fsp3) is 0.154. The van der Waals surface area contributed by atoms with Crippen LogP contribution < -0.4 is 4.74 Å². The van der Waals surface area contributed by atoms with Gasteiger partial charge < -0.3 is 4.74 Å². The first-order valence-corrected chi connectivity index (χ1v) is 7.89. The van der Waals surface area contributed by atoms with Gasteiger partial charge in [0.05, 0.1) is 15.8 Å². The topological polar surface area (TPSA) is 26.3 Å². The van der Waals surface area contributed by atoms with E-state index in [1.165, 1.54) is 29.5 Å². The molecular formula is C13H7Br2FO2S. The van der Waals surface area contributed by atoms with E-state index in [9.17, 15) is 9.18 Å². The van der Waals surface area contributed by atoms with E-state index in [4.69, 9.17) is 4.74 Å². The van der Waals surface area contributed by atoms with Crippen molar-refractivity contribution < 1.29 is 13.9 Å². The second-order valence-corrected chi connectivity index (χ2v) is 7.40. The highest BCUT2D eigenvalue weighted by Crippen LogP contribution is 2.41. The lowest BCUT2D eigenvalue weighted by molar-refractivity contribution is 0.0853. The fourth-order valence-corrected chi connectivity index (χ4v) is 4.10. The molecule has 1 unspecified atom stereocenters. The van der Waals surface area contributed by atoms with E-state index < -0.39 is 5.82 Å². The summed E-state index contributed by atoms with van der Waals surface area (Å²) in [5.74, 6) is -0.102. The number of halogens is 3. The van der Waals surface area contributed by atoms with E-state index in [0.29, 0.717) is 11.3 Å². The molecule has 0 radical (unpaired) electrons. The van der Waals surface area contributed by atoms with E-state index in [2.05, 4.69) is 31.9 Å². The standard InChI is InChI=1S/C13H7Br2FO2S/c14-8-4-12(19-13(8)15)11-5-9(17)7-2-1-6(16)3-10(7)18-11/h1-4,11H,5H2. The van der Waals surface area contributed by atoms with Crippen LogP contribution in [-0.4, -0.2) is 5.78 Å². The Balaban J connectivity index is 1.98. The van der Waals surface area contributed by atoms with Crippen LogP contribution in [-0.2, 0) is 0 Å². The number of ketones is 1. The second-order valence-electron chi connectivity index (χ2n) is 4.14. The minimum absolute atomic E-state index is 0.0214. The first kappa shape index (κ1) is 13.3. The number of carbonyl (C=O) groups excluding carboxylic acids is 1. The molecule has 2 nitrogen and oxygen atoms in total. The Kier molecular flexibility index (Phi) is 3.49. The van der Waals surface area contributed by atoms with Crippen LogP contribution in [0.1, 0.15) is 27.8 Å². The second kappa shape index (κ2) is 5.00. The maximum atomic E-state index is 13.2. The van der Waals surface area contributed by atoms with Crippen molar-refractivity contribution in [3.05, 3.63) is 48.8 Å². The summed E-state index contributed by atoms with van der Waals surface area (Å²) in [4.78, 5) is 13.0. The lowest BCUT2D eigenvalue weighted by atomic mass is 10.00. The Hall–Kier alpha value is -0.720. The summed E-state index contributed by atoms with van der Waals surface area (Å²) in [6.07, 6.45) is -0.0766. The molecule has 1 aliphatic heterocycles. The number of hydrogen-bond donors (Lipinski definition) is 0. The summed E-state index contributed by atoms with van der Waals surface area (Å²) in [5.41, 5.74) is 0.451. The van der Waals surface area contributed by atoms with Crippen LogP contribution >= 0.6 is 43.2 Å². The van der Waals surface area contributed by atoms with Crippen LogP contribution in [0, 0.1) is 5.82 Å². The number of hydrogen-bond acceptors (Lipinski definition) is 3. The van der Waals surface area contributed by atoms with E-state index in [0.717, 1.165) is 13.1 Å². The molecule has 1 aliphatic rings. The van der Waals surface area contributed by atoms with Gasteiger partial charge in [0, 0.05) is 15.4 Å². The molecule has 3 rings (SSSR count). The van der Waals surface area contributed by atoms with Gasteiger partial charge in [-0.05, 0) is 50.1 Å². The van der Waals surface area contributed by atoms with Gasteiger partial charge in [0.2, 0.25) is 0 Å². The van der Waals surface area contributed by atoms with Gasteiger partial charge in [-0.25, -0.2) is 4.39 Å². The first-order chi connectivity index (χ1) is 9.04. The molecule has 0 spiro atoms. The quantitative estimate of drug-likeness (QED) is 0.658. The number of thiophene rings is 1. The van der Waals surface area contributed by atoms with Crippen LogP contribution in [0.15, 0.2) is 32.5 Å². The molecule has 0 aliphatic carbocycles. The highest BCUT2D eigenvalue weighted by Gasteiger charge is 2.29. The third kappa shape index (κ3) is 2.49. The van der Waals surface area contributed by atoms with Gasteiger partial charge in [-0.2, -0.15) is 0 Å². The summed E-state index contributed by atoms with van der Waals surface area (Å²) in [6, 6.07) is 5.93. The molecular weight excluding hydrogens is 399 g/mol. The van der Waals surface area contributed by atoms with Crippen LogP contribution in [0.3, 0.4) is 0 Å². The average molecular weight is 406 g/mol. The zero-order chi connectivity index (χ0) is 13.6. The monoisotopic (exact) mass is 404 g/mol. The largest absolute Gasteiger partial charge is 0.484 e. The number of fused-ring (bicyclic) bond motifs is 1. The lowest BCUT2D eigenvalue weighted by Gasteiger charge is -2.24. The van der Waals surface area contributed by atoms with Crippen LogP contribution in [0.5, 0.6) is 5.75 Å². The minimum Gasteiger partial charge on any atom is -0.484 e. The minimum atomic E-state index is -0.402. The zero-order valence-electron chi connectivity index (χ0n) is 9.45. The van der Waals surface area contributed by atoms with Gasteiger partial charge in [-0.15, -0.1) is 11.3 Å². The Bertz CT molecular complexity index is 649. The summed E-state index contributed by atoms with van der Waals surface area (Å²) in [7, 11) is 0. The van der Waals surface area contributed by atoms with Gasteiger partial charge >= 0.3 is 0 Å². The van der Waals surface area contributed by atoms with Crippen LogP contribution in [0.2, 0.25) is 0 Å². The molecule has 1 atom stereocenters. The Morgan fingerprint density at radius 2 is 2.11 bits per heavy atom. The first-order valence-electron chi connectivity index (χ1n) is 5.49. The maximum Gasteiger partial charge on any atom is 0.170 e. The van der Waals surface area contributed by atoms with Gasteiger partial charge in [-0.3, -0.25) is 4.79 Å². The third-order valence-corrected chi connectivity index (χ3v) is 6.21. The maximum absolute atomic E-state index is 13.2. The Morgan fingerprint density at radius 1 is 1.32 bits per heavy atom. The smallest absolute Gasteiger partial charge is 0.170 e. The normalized spacial score (nSPS) is 18.1. The fourth-order valence-electron chi connectivity index (χ4n) is 1.98. The molecule has 0 saturated carbocycles. The molecule has 2 heterocycles. The molecule has 98 valence electrons. The average Bonchev–Trinajstić information content (AvgIpc) is 2.69. The van der Waals surface area contributed by atoms with Crippen LogP contribution in [0.4, 0.5) is 4.39 Å². The van der Waals surface area contributed by atoms with Crippen LogP contribution in [0.25, 0.3) is 0 Å². The van der Waals surface area contributed by atoms with Gasteiger partial charge in [0.25, 0.3) is 0 Å². The van der Waals surface area contributed by atoms with E-state index in [-0.39, 0.29) is 18.3 Å². The van der Waals surface area contributed by atoms with Gasteiger partial charge in [-0.1, -0.05) is 0 Å². The zero-order valence-corrected chi connectivity index (χ0v) is 13.4. The molecule has 0 N–H and O–H groups in total. The molecule has 1 aromatic carbocycles. The number of rotatable bonds is 1. The molecule has 0 amide bonds. The SMILES string of the molecule is O=C1CC(c2cc(Br)c(Br)s2)Oc2cc(F)ccc21. The molecule has 0 fully saturated rings. The van der Waals surface area contributed by atoms with Crippen molar-refractivity contribution in [2.45, 2.75) is 12.5 Å². The molecule has 0 bridgehead atoms. The molecule has 2 aromatic rings. The van der Waals surface area contributed by atoms with E-state index in [1.807, 2.05) is 6.07 Å². The molecule has 6 heteroatoms. The number of ether oxygens (including phenoxy) is 1. The number of benzene rings is 1. The van der Waals surface area contributed by atoms with Crippen molar-refractivity contribution in [2.75, 3.05) is 0 Å². The predicted molar refractivity (Wildman–Crippen MR) is 78.4 cm³/mol. The Labute approximate surface area is 129 Å². The van der Waals surface area contributed by atoms with E-state index >= 15 is 0 Å². The highest BCUT2D eigenvalue weighted by atomic mass is 79.9. The third-order valence-electron chi connectivity index (χ3n) is 2.87. The van der Waals surface area contributed by atoms with Gasteiger partial charge in [0.15, 0.2) is 5.78 Å². The van der Waals surface area contributed by atoms with Gasteiger partial charge in [0.1, 0.15) is 17.7 Å². The predicted octanol–water partition coefficient (Wildman–Crippen LogP) is 5.12. The van der Waals surface area contributed by atoms with Crippen molar-refractivity contribution in [3.63, 3.8) is 0 Å². The summed E-state index contributed by atoms with van der Waals surface area (Å²) in [5, 5.41) is 0. The summed E-state index contributed by atoms with van der Waals surface area (Å²) in [6.45, 7) is 0. The summed E-state index contributed by atoms with van der Waals surface area (Å²) >= 11 is 8.32. The number of carbonyl (C=O) groups is 1. The molecule has 19 heavy (non-hydrogen) atoms. The highest BCUT2D eigenvalue weighted by molar-refractivity contribution is 9.13. The lowest BCUT2D eigenvalue weighted by Crippen LogP contribution is -2.19. The van der Waals surface area contributed by atoms with Crippen molar-refractivity contribution in [2.24, 2.45) is 0 Å².